The fourth-order valence-electron chi connectivity index (χ4n) is 1.72. The van der Waals surface area contributed by atoms with E-state index < -0.39 is 17.5 Å². The molecule has 0 unspecified atom stereocenters. The fourth-order valence-corrected chi connectivity index (χ4v) is 1.92. The maximum Gasteiger partial charge on any atom is 0.194 e. The van der Waals surface area contributed by atoms with Crippen LogP contribution in [0.5, 0.6) is 0 Å². The Kier molecular flexibility index (Phi) is 4.55. The maximum absolute atomic E-state index is 13.1. The van der Waals surface area contributed by atoms with Crippen molar-refractivity contribution in [2.45, 2.75) is 6.54 Å². The Labute approximate surface area is 124 Å². The van der Waals surface area contributed by atoms with Gasteiger partial charge < -0.3 is 5.32 Å². The Morgan fingerprint density at radius 2 is 1.81 bits per heavy atom. The lowest BCUT2D eigenvalue weighted by atomic mass is 10.1. The molecule has 0 heterocycles. The number of nitrogens with one attached hydrogen (secondary N) is 1. The van der Waals surface area contributed by atoms with E-state index in [9.17, 15) is 13.2 Å². The smallest absolute Gasteiger partial charge is 0.194 e. The number of thiocarbonyl (C=S) groups is 1. The van der Waals surface area contributed by atoms with Gasteiger partial charge in [0, 0.05) is 12.1 Å². The second-order valence-corrected chi connectivity index (χ2v) is 4.66. The van der Waals surface area contributed by atoms with Gasteiger partial charge in [-0.1, -0.05) is 24.4 Å². The summed E-state index contributed by atoms with van der Waals surface area (Å²) < 4.78 is 39.0. The van der Waals surface area contributed by atoms with Crippen molar-refractivity contribution in [3.63, 3.8) is 0 Å². The molecule has 2 nitrogen and oxygen atoms in total. The van der Waals surface area contributed by atoms with Gasteiger partial charge in [0.15, 0.2) is 17.5 Å². The van der Waals surface area contributed by atoms with E-state index in [0.717, 1.165) is 12.1 Å². The molecule has 0 aliphatic carbocycles. The summed E-state index contributed by atoms with van der Waals surface area (Å²) in [5.41, 5.74) is 1.30. The molecular weight excluding hydrogens is 297 g/mol. The Morgan fingerprint density at radius 3 is 2.43 bits per heavy atom. The monoisotopic (exact) mass is 306 g/mol. The van der Waals surface area contributed by atoms with Crippen molar-refractivity contribution in [3.8, 4) is 6.07 Å². The molecule has 2 aromatic rings. The molecule has 0 atom stereocenters. The zero-order valence-corrected chi connectivity index (χ0v) is 11.5. The van der Waals surface area contributed by atoms with Crippen LogP contribution in [0, 0.1) is 28.8 Å². The Balaban J connectivity index is 2.09. The van der Waals surface area contributed by atoms with Crippen molar-refractivity contribution in [2.75, 3.05) is 0 Å². The molecule has 2 aromatic carbocycles. The second-order valence-electron chi connectivity index (χ2n) is 4.25. The minimum atomic E-state index is -1.50. The molecule has 0 aliphatic heterocycles. The molecule has 2 rings (SSSR count). The molecule has 0 aliphatic rings. The lowest BCUT2D eigenvalue weighted by Gasteiger charge is -2.09. The van der Waals surface area contributed by atoms with Gasteiger partial charge in [0.25, 0.3) is 0 Å². The summed E-state index contributed by atoms with van der Waals surface area (Å²) in [7, 11) is 0. The number of halogens is 3. The van der Waals surface area contributed by atoms with Crippen molar-refractivity contribution in [1.29, 1.82) is 5.26 Å². The number of benzene rings is 2. The third kappa shape index (κ3) is 3.58. The first-order chi connectivity index (χ1) is 10.0. The predicted octanol–water partition coefficient (Wildman–Crippen LogP) is 3.44. The highest BCUT2D eigenvalue weighted by Crippen LogP contribution is 2.14. The average molecular weight is 306 g/mol. The minimum absolute atomic E-state index is 0.0454. The van der Waals surface area contributed by atoms with E-state index in [2.05, 4.69) is 5.32 Å². The van der Waals surface area contributed by atoms with Gasteiger partial charge in [0.1, 0.15) is 4.99 Å². The molecule has 6 heteroatoms. The molecule has 0 aromatic heterocycles. The first-order valence-corrected chi connectivity index (χ1v) is 6.34. The van der Waals surface area contributed by atoms with Crippen molar-refractivity contribution in [3.05, 3.63) is 70.5 Å². The molecule has 106 valence electrons. The van der Waals surface area contributed by atoms with Gasteiger partial charge in [-0.2, -0.15) is 5.26 Å². The van der Waals surface area contributed by atoms with Gasteiger partial charge in [0.2, 0.25) is 0 Å². The highest BCUT2D eigenvalue weighted by atomic mass is 32.1. The molecule has 1 N–H and O–H groups in total. The normalized spacial score (nSPS) is 10.0. The molecular formula is C15H9F3N2S. The van der Waals surface area contributed by atoms with Crippen LogP contribution in [0.15, 0.2) is 36.4 Å². The Bertz CT molecular complexity index is 715. The first-order valence-electron chi connectivity index (χ1n) is 5.93. The summed E-state index contributed by atoms with van der Waals surface area (Å²) in [5, 5.41) is 11.6. The number of hydrogen-bond donors (Lipinski definition) is 1. The van der Waals surface area contributed by atoms with Gasteiger partial charge in [-0.25, -0.2) is 13.2 Å². The second kappa shape index (κ2) is 6.37. The van der Waals surface area contributed by atoms with E-state index in [-0.39, 0.29) is 12.1 Å². The van der Waals surface area contributed by atoms with E-state index >= 15 is 0 Å². The van der Waals surface area contributed by atoms with E-state index in [1.165, 1.54) is 0 Å². The van der Waals surface area contributed by atoms with Crippen LogP contribution >= 0.6 is 12.2 Å². The van der Waals surface area contributed by atoms with E-state index in [1.807, 2.05) is 6.07 Å². The lowest BCUT2D eigenvalue weighted by molar-refractivity contribution is 0.445. The molecule has 0 saturated heterocycles. The van der Waals surface area contributed by atoms with Gasteiger partial charge in [-0.15, -0.1) is 0 Å². The Hall–Kier alpha value is -2.39. The van der Waals surface area contributed by atoms with E-state index in [0.29, 0.717) is 16.1 Å². The lowest BCUT2D eigenvalue weighted by Crippen LogP contribution is -2.22. The van der Waals surface area contributed by atoms with Crippen molar-refractivity contribution in [2.24, 2.45) is 0 Å². The molecule has 0 fully saturated rings. The number of nitrogens with zero attached hydrogens (tertiary/aromatic N) is 1. The van der Waals surface area contributed by atoms with Gasteiger partial charge in [0.05, 0.1) is 11.6 Å². The highest BCUT2D eigenvalue weighted by Gasteiger charge is 2.11. The molecule has 0 radical (unpaired) electrons. The zero-order valence-electron chi connectivity index (χ0n) is 10.7. The van der Waals surface area contributed by atoms with Crippen molar-refractivity contribution >= 4 is 17.2 Å². The maximum atomic E-state index is 13.1. The number of rotatable bonds is 3. The van der Waals surface area contributed by atoms with E-state index in [4.69, 9.17) is 17.5 Å². The SMILES string of the molecule is N#Cc1cccc(C(=S)NCc2cc(F)c(F)c(F)c2)c1. The summed E-state index contributed by atoms with van der Waals surface area (Å²) in [4.78, 5) is 0.331. The molecule has 0 saturated carbocycles. The quantitative estimate of drug-likeness (QED) is 0.697. The van der Waals surface area contributed by atoms with Crippen LogP contribution < -0.4 is 5.32 Å². The standard InChI is InChI=1S/C15H9F3N2S/c16-12-5-10(6-13(17)14(12)18)8-20-15(21)11-3-1-2-9(4-11)7-19/h1-6H,8H2,(H,20,21). The van der Waals surface area contributed by atoms with Crippen LogP contribution in [-0.4, -0.2) is 4.99 Å². The van der Waals surface area contributed by atoms with E-state index in [1.54, 1.807) is 24.3 Å². The largest absolute Gasteiger partial charge is 0.372 e. The van der Waals surface area contributed by atoms with Crippen LogP contribution in [0.25, 0.3) is 0 Å². The fraction of sp³-hybridized carbons (Fsp3) is 0.0667. The van der Waals surface area contributed by atoms with Gasteiger partial charge in [-0.3, -0.25) is 0 Å². The third-order valence-corrected chi connectivity index (χ3v) is 3.13. The predicted molar refractivity (Wildman–Crippen MR) is 76.0 cm³/mol. The van der Waals surface area contributed by atoms with Gasteiger partial charge in [-0.05, 0) is 29.8 Å². The highest BCUT2D eigenvalue weighted by molar-refractivity contribution is 7.80. The van der Waals surface area contributed by atoms with Crippen LogP contribution in [0.1, 0.15) is 16.7 Å². The summed E-state index contributed by atoms with van der Waals surface area (Å²) in [6.07, 6.45) is 0. The Morgan fingerprint density at radius 1 is 1.14 bits per heavy atom. The average Bonchev–Trinajstić information content (AvgIpc) is 2.50. The van der Waals surface area contributed by atoms with Crippen LogP contribution in [0.3, 0.4) is 0 Å². The number of nitriles is 1. The summed E-state index contributed by atoms with van der Waals surface area (Å²) in [6.45, 7) is 0.0454. The van der Waals surface area contributed by atoms with Crippen LogP contribution in [0.2, 0.25) is 0 Å². The molecule has 0 spiro atoms. The molecule has 21 heavy (non-hydrogen) atoms. The summed E-state index contributed by atoms with van der Waals surface area (Å²) >= 11 is 5.14. The summed E-state index contributed by atoms with van der Waals surface area (Å²) in [5.74, 6) is -3.99. The third-order valence-electron chi connectivity index (χ3n) is 2.75. The minimum Gasteiger partial charge on any atom is -0.372 e. The first kappa shape index (κ1) is 15.0. The zero-order chi connectivity index (χ0) is 15.4. The topological polar surface area (TPSA) is 35.8 Å². The molecule has 0 bridgehead atoms. The summed E-state index contributed by atoms with van der Waals surface area (Å²) in [6, 6.07) is 10.4. The molecule has 0 amide bonds. The van der Waals surface area contributed by atoms with Gasteiger partial charge >= 0.3 is 0 Å². The van der Waals surface area contributed by atoms with Crippen LogP contribution in [-0.2, 0) is 6.54 Å². The number of hydrogen-bond acceptors (Lipinski definition) is 2. The van der Waals surface area contributed by atoms with Crippen molar-refractivity contribution in [1.82, 2.24) is 5.32 Å². The van der Waals surface area contributed by atoms with Crippen molar-refractivity contribution < 1.29 is 13.2 Å². The van der Waals surface area contributed by atoms with Crippen LogP contribution in [0.4, 0.5) is 13.2 Å².